The summed E-state index contributed by atoms with van der Waals surface area (Å²) in [7, 11) is 0. The van der Waals surface area contributed by atoms with Crippen LogP contribution in [0.3, 0.4) is 0 Å². The Kier molecular flexibility index (Phi) is 5.31. The molecule has 0 aromatic heterocycles. The summed E-state index contributed by atoms with van der Waals surface area (Å²) >= 11 is 1.49. The largest absolute Gasteiger partial charge is 0.508 e. The molecule has 3 N–H and O–H groups in total. The van der Waals surface area contributed by atoms with E-state index >= 15 is 0 Å². The average molecular weight is 255 g/mol. The monoisotopic (exact) mass is 255 g/mol. The van der Waals surface area contributed by atoms with Gasteiger partial charge in [-0.3, -0.25) is 10.1 Å². The molecule has 0 spiro atoms. The molecule has 5 heteroatoms. The lowest BCUT2D eigenvalue weighted by Crippen LogP contribution is -2.33. The topological polar surface area (TPSA) is 69.6 Å². The van der Waals surface area contributed by atoms with Gasteiger partial charge in [0, 0.05) is 11.3 Å². The lowest BCUT2D eigenvalue weighted by molar-refractivity contribution is -0.138. The van der Waals surface area contributed by atoms with Gasteiger partial charge in [-0.15, -0.1) is 11.8 Å². The van der Waals surface area contributed by atoms with Crippen molar-refractivity contribution in [1.82, 2.24) is 5.32 Å². The Labute approximate surface area is 105 Å². The van der Waals surface area contributed by atoms with Gasteiger partial charge >= 0.3 is 5.97 Å². The Morgan fingerprint density at radius 1 is 1.41 bits per heavy atom. The zero-order valence-electron chi connectivity index (χ0n) is 9.88. The predicted molar refractivity (Wildman–Crippen MR) is 69.2 cm³/mol. The number of rotatable bonds is 2. The van der Waals surface area contributed by atoms with Gasteiger partial charge in [-0.2, -0.15) is 0 Å². The van der Waals surface area contributed by atoms with Crippen molar-refractivity contribution in [2.45, 2.75) is 25.3 Å². The predicted octanol–water partition coefficient (Wildman–Crippen LogP) is 2.21. The summed E-state index contributed by atoms with van der Waals surface area (Å²) in [4.78, 5) is 10.7. The van der Waals surface area contributed by atoms with Gasteiger partial charge in [0.1, 0.15) is 11.8 Å². The van der Waals surface area contributed by atoms with E-state index < -0.39 is 12.0 Å². The molecular formula is C12H17NO3S. The lowest BCUT2D eigenvalue weighted by Gasteiger charge is -2.12. The molecule has 1 saturated heterocycles. The number of hydrogen-bond acceptors (Lipinski definition) is 4. The van der Waals surface area contributed by atoms with E-state index in [0.29, 0.717) is 5.75 Å². The van der Waals surface area contributed by atoms with E-state index in [0.717, 1.165) is 5.56 Å². The fourth-order valence-electron chi connectivity index (χ4n) is 1.50. The first-order valence-corrected chi connectivity index (χ1v) is 6.61. The quantitative estimate of drug-likeness (QED) is 0.756. The number of para-hydroxylation sites is 1. The third kappa shape index (κ3) is 3.38. The molecule has 0 amide bonds. The Morgan fingerprint density at radius 3 is 2.59 bits per heavy atom. The highest BCUT2D eigenvalue weighted by Gasteiger charge is 2.31. The molecule has 2 rings (SSSR count). The second-order valence-corrected chi connectivity index (χ2v) is 4.47. The van der Waals surface area contributed by atoms with E-state index in [9.17, 15) is 9.90 Å². The molecule has 0 aliphatic carbocycles. The normalized spacial score (nSPS) is 22.7. The first-order chi connectivity index (χ1) is 8.18. The van der Waals surface area contributed by atoms with Crippen LogP contribution in [0.25, 0.3) is 0 Å². The van der Waals surface area contributed by atoms with Crippen molar-refractivity contribution in [3.8, 4) is 5.75 Å². The molecule has 94 valence electrons. The van der Waals surface area contributed by atoms with Gasteiger partial charge in [-0.05, 0) is 6.07 Å². The van der Waals surface area contributed by atoms with Crippen molar-refractivity contribution >= 4 is 17.7 Å². The van der Waals surface area contributed by atoms with E-state index in [1.807, 2.05) is 19.9 Å². The third-order valence-corrected chi connectivity index (χ3v) is 3.55. The second-order valence-electron chi connectivity index (χ2n) is 3.33. The minimum absolute atomic E-state index is 0.132. The molecule has 1 fully saturated rings. The van der Waals surface area contributed by atoms with Gasteiger partial charge in [0.05, 0.1) is 5.37 Å². The first-order valence-electron chi connectivity index (χ1n) is 5.57. The molecule has 1 aromatic rings. The van der Waals surface area contributed by atoms with Gasteiger partial charge in [0.2, 0.25) is 0 Å². The van der Waals surface area contributed by atoms with Crippen LogP contribution in [0, 0.1) is 0 Å². The number of carboxylic acids is 1. The van der Waals surface area contributed by atoms with Gasteiger partial charge in [0.15, 0.2) is 0 Å². The second kappa shape index (κ2) is 6.51. The summed E-state index contributed by atoms with van der Waals surface area (Å²) in [6, 6.07) is 6.44. The van der Waals surface area contributed by atoms with Crippen LogP contribution in [-0.2, 0) is 4.79 Å². The fourth-order valence-corrected chi connectivity index (χ4v) is 2.77. The maximum atomic E-state index is 10.7. The number of nitrogens with one attached hydrogen (secondary N) is 1. The summed E-state index contributed by atoms with van der Waals surface area (Å²) in [5, 5.41) is 21.2. The Hall–Kier alpha value is -1.20. The van der Waals surface area contributed by atoms with Gasteiger partial charge in [-0.25, -0.2) is 0 Å². The van der Waals surface area contributed by atoms with Crippen LogP contribution in [0.4, 0.5) is 0 Å². The molecule has 2 unspecified atom stereocenters. The number of carbonyl (C=O) groups is 1. The first kappa shape index (κ1) is 13.9. The van der Waals surface area contributed by atoms with Crippen LogP contribution in [0.1, 0.15) is 24.8 Å². The lowest BCUT2D eigenvalue weighted by atomic mass is 10.2. The molecule has 0 saturated carbocycles. The summed E-state index contributed by atoms with van der Waals surface area (Å²) in [5.74, 6) is -0.122. The van der Waals surface area contributed by atoms with E-state index in [1.165, 1.54) is 11.8 Å². The zero-order valence-corrected chi connectivity index (χ0v) is 10.7. The summed E-state index contributed by atoms with van der Waals surface area (Å²) in [6.07, 6.45) is 0. The smallest absolute Gasteiger partial charge is 0.321 e. The zero-order chi connectivity index (χ0) is 12.8. The number of thioether (sulfide) groups is 1. The fraction of sp³-hybridized carbons (Fsp3) is 0.417. The van der Waals surface area contributed by atoms with Gasteiger partial charge in [0.25, 0.3) is 0 Å². The SMILES string of the molecule is CC.O=C(O)C1CSC(c2ccccc2O)N1. The maximum Gasteiger partial charge on any atom is 0.321 e. The molecule has 1 aliphatic rings. The van der Waals surface area contributed by atoms with Crippen molar-refractivity contribution < 1.29 is 15.0 Å². The minimum Gasteiger partial charge on any atom is -0.508 e. The standard InChI is InChI=1S/C10H11NO3S.C2H6/c12-8-4-2-1-3-6(8)9-11-7(5-15-9)10(13)14;1-2/h1-4,7,9,11-12H,5H2,(H,13,14);1-2H3. The Bertz CT molecular complexity index is 384. The summed E-state index contributed by atoms with van der Waals surface area (Å²) in [5.41, 5.74) is 0.742. The number of aromatic hydroxyl groups is 1. The van der Waals surface area contributed by atoms with E-state index in [1.54, 1.807) is 18.2 Å². The maximum absolute atomic E-state index is 10.7. The van der Waals surface area contributed by atoms with Crippen molar-refractivity contribution in [2.24, 2.45) is 0 Å². The van der Waals surface area contributed by atoms with Crippen molar-refractivity contribution in [3.63, 3.8) is 0 Å². The van der Waals surface area contributed by atoms with E-state index in [4.69, 9.17) is 5.11 Å². The van der Waals surface area contributed by atoms with Crippen molar-refractivity contribution in [1.29, 1.82) is 0 Å². The van der Waals surface area contributed by atoms with Gasteiger partial charge < -0.3 is 10.2 Å². The highest BCUT2D eigenvalue weighted by molar-refractivity contribution is 7.99. The van der Waals surface area contributed by atoms with E-state index in [2.05, 4.69) is 5.32 Å². The number of phenolic OH excluding ortho intramolecular Hbond substituents is 1. The highest BCUT2D eigenvalue weighted by atomic mass is 32.2. The van der Waals surface area contributed by atoms with Crippen LogP contribution in [-0.4, -0.2) is 28.0 Å². The number of benzene rings is 1. The summed E-state index contributed by atoms with van der Waals surface area (Å²) in [6.45, 7) is 4.00. The van der Waals surface area contributed by atoms with Crippen LogP contribution < -0.4 is 5.32 Å². The molecule has 1 aliphatic heterocycles. The Morgan fingerprint density at radius 2 is 2.06 bits per heavy atom. The number of carboxylic acid groups (broad SMARTS) is 1. The summed E-state index contributed by atoms with van der Waals surface area (Å²) < 4.78 is 0. The van der Waals surface area contributed by atoms with Crippen LogP contribution >= 0.6 is 11.8 Å². The molecule has 4 nitrogen and oxygen atoms in total. The Balaban J connectivity index is 0.000000686. The molecule has 1 aromatic carbocycles. The van der Waals surface area contributed by atoms with Crippen molar-refractivity contribution in [3.05, 3.63) is 29.8 Å². The van der Waals surface area contributed by atoms with E-state index in [-0.39, 0.29) is 11.1 Å². The molecule has 2 atom stereocenters. The minimum atomic E-state index is -0.847. The average Bonchev–Trinajstić information content (AvgIpc) is 2.82. The van der Waals surface area contributed by atoms with Crippen LogP contribution in [0.15, 0.2) is 24.3 Å². The molecule has 0 radical (unpaired) electrons. The molecular weight excluding hydrogens is 238 g/mol. The van der Waals surface area contributed by atoms with Crippen LogP contribution in [0.5, 0.6) is 5.75 Å². The van der Waals surface area contributed by atoms with Gasteiger partial charge in [-0.1, -0.05) is 32.0 Å². The third-order valence-electron chi connectivity index (χ3n) is 2.30. The number of aliphatic carboxylic acids is 1. The molecule has 1 heterocycles. The number of phenols is 1. The highest BCUT2D eigenvalue weighted by Crippen LogP contribution is 2.36. The van der Waals surface area contributed by atoms with Crippen molar-refractivity contribution in [2.75, 3.05) is 5.75 Å². The number of hydrogen-bond donors (Lipinski definition) is 3. The molecule has 17 heavy (non-hydrogen) atoms. The molecule has 0 bridgehead atoms. The van der Waals surface area contributed by atoms with Crippen LogP contribution in [0.2, 0.25) is 0 Å².